The Morgan fingerprint density at radius 1 is 1.27 bits per heavy atom. The summed E-state index contributed by atoms with van der Waals surface area (Å²) in [5.74, 6) is 0. The van der Waals surface area contributed by atoms with Crippen LogP contribution in [0.4, 0.5) is 4.79 Å². The zero-order chi connectivity index (χ0) is 19.4. The van der Waals surface area contributed by atoms with Crippen molar-refractivity contribution in [3.05, 3.63) is 29.3 Å². The first-order valence-corrected chi connectivity index (χ1v) is 10.5. The highest BCUT2D eigenvalue weighted by molar-refractivity contribution is 7.86. The molecule has 0 bridgehead atoms. The molecular formula is C19H29NO5S. The van der Waals surface area contributed by atoms with Gasteiger partial charge in [-0.1, -0.05) is 6.07 Å². The summed E-state index contributed by atoms with van der Waals surface area (Å²) in [5, 5.41) is 2.71. The van der Waals surface area contributed by atoms with Crippen LogP contribution in [0.15, 0.2) is 23.1 Å². The van der Waals surface area contributed by atoms with Crippen molar-refractivity contribution in [2.24, 2.45) is 0 Å². The van der Waals surface area contributed by atoms with E-state index in [1.165, 1.54) is 0 Å². The van der Waals surface area contributed by atoms with E-state index in [1.54, 1.807) is 18.2 Å². The Morgan fingerprint density at radius 3 is 2.54 bits per heavy atom. The minimum absolute atomic E-state index is 0.178. The Labute approximate surface area is 156 Å². The summed E-state index contributed by atoms with van der Waals surface area (Å²) in [4.78, 5) is 11.8. The van der Waals surface area contributed by atoms with Gasteiger partial charge in [0.1, 0.15) is 5.60 Å². The molecule has 0 aliphatic heterocycles. The van der Waals surface area contributed by atoms with Gasteiger partial charge in [0.15, 0.2) is 0 Å². The van der Waals surface area contributed by atoms with Gasteiger partial charge in [0, 0.05) is 6.54 Å². The van der Waals surface area contributed by atoms with E-state index >= 15 is 0 Å². The van der Waals surface area contributed by atoms with Gasteiger partial charge < -0.3 is 10.1 Å². The van der Waals surface area contributed by atoms with Crippen molar-refractivity contribution in [1.82, 2.24) is 5.32 Å². The van der Waals surface area contributed by atoms with Crippen LogP contribution in [0.3, 0.4) is 0 Å². The molecule has 1 fully saturated rings. The Bertz CT molecular complexity index is 733. The van der Waals surface area contributed by atoms with Crippen molar-refractivity contribution in [1.29, 1.82) is 0 Å². The topological polar surface area (TPSA) is 81.7 Å². The van der Waals surface area contributed by atoms with E-state index in [0.29, 0.717) is 19.4 Å². The maximum atomic E-state index is 12.4. The predicted octanol–water partition coefficient (Wildman–Crippen LogP) is 3.71. The van der Waals surface area contributed by atoms with Gasteiger partial charge in [0.2, 0.25) is 0 Å². The van der Waals surface area contributed by atoms with Crippen LogP contribution in [-0.2, 0) is 25.5 Å². The summed E-state index contributed by atoms with van der Waals surface area (Å²) < 4.78 is 35.2. The molecule has 1 aliphatic carbocycles. The third-order valence-corrected chi connectivity index (χ3v) is 5.57. The summed E-state index contributed by atoms with van der Waals surface area (Å²) in [7, 11) is -3.71. The van der Waals surface area contributed by atoms with Crippen LogP contribution in [0.2, 0.25) is 0 Å². The smallest absolute Gasteiger partial charge is 0.407 e. The SMILES string of the molecule is Cc1ccc(S(=O)(=O)OC2CCC2)cc1CCCNC(=O)OC(C)(C)C. The summed E-state index contributed by atoms with van der Waals surface area (Å²) >= 11 is 0. The number of ether oxygens (including phenoxy) is 1. The van der Waals surface area contributed by atoms with Gasteiger partial charge in [-0.3, -0.25) is 4.18 Å². The normalized spacial score (nSPS) is 15.4. The van der Waals surface area contributed by atoms with Gasteiger partial charge in [-0.25, -0.2) is 4.79 Å². The van der Waals surface area contributed by atoms with Gasteiger partial charge in [-0.2, -0.15) is 8.42 Å². The molecule has 2 rings (SSSR count). The van der Waals surface area contributed by atoms with Gasteiger partial charge in [0.25, 0.3) is 10.1 Å². The van der Waals surface area contributed by atoms with E-state index in [0.717, 1.165) is 30.4 Å². The number of rotatable bonds is 7. The highest BCUT2D eigenvalue weighted by Gasteiger charge is 2.26. The van der Waals surface area contributed by atoms with Crippen LogP contribution in [0.25, 0.3) is 0 Å². The molecule has 146 valence electrons. The molecule has 7 heteroatoms. The molecule has 0 aromatic heterocycles. The average molecular weight is 384 g/mol. The molecular weight excluding hydrogens is 354 g/mol. The van der Waals surface area contributed by atoms with Gasteiger partial charge in [-0.15, -0.1) is 0 Å². The molecule has 0 radical (unpaired) electrons. The molecule has 1 aromatic carbocycles. The number of benzene rings is 1. The van der Waals surface area contributed by atoms with Crippen LogP contribution in [-0.4, -0.2) is 32.8 Å². The number of aryl methyl sites for hydroxylation is 2. The van der Waals surface area contributed by atoms with Crippen molar-refractivity contribution >= 4 is 16.2 Å². The van der Waals surface area contributed by atoms with Crippen LogP contribution >= 0.6 is 0 Å². The van der Waals surface area contributed by atoms with E-state index < -0.39 is 21.8 Å². The van der Waals surface area contributed by atoms with Crippen LogP contribution in [0.1, 0.15) is 57.6 Å². The molecule has 0 saturated heterocycles. The highest BCUT2D eigenvalue weighted by Crippen LogP contribution is 2.27. The monoisotopic (exact) mass is 383 g/mol. The first-order chi connectivity index (χ1) is 12.1. The molecule has 6 nitrogen and oxygen atoms in total. The predicted molar refractivity (Wildman–Crippen MR) is 99.6 cm³/mol. The maximum Gasteiger partial charge on any atom is 0.407 e. The Hall–Kier alpha value is -1.60. The largest absolute Gasteiger partial charge is 0.444 e. The van der Waals surface area contributed by atoms with Crippen molar-refractivity contribution in [3.63, 3.8) is 0 Å². The van der Waals surface area contributed by atoms with Crippen LogP contribution < -0.4 is 5.32 Å². The van der Waals surface area contributed by atoms with Crippen LogP contribution in [0.5, 0.6) is 0 Å². The molecule has 1 aromatic rings. The van der Waals surface area contributed by atoms with E-state index in [1.807, 2.05) is 27.7 Å². The minimum atomic E-state index is -3.71. The number of carbonyl (C=O) groups excluding carboxylic acids is 1. The summed E-state index contributed by atoms with van der Waals surface area (Å²) in [5.41, 5.74) is 1.43. The van der Waals surface area contributed by atoms with Crippen molar-refractivity contribution in [3.8, 4) is 0 Å². The summed E-state index contributed by atoms with van der Waals surface area (Å²) in [6, 6.07) is 5.07. The number of amides is 1. The molecule has 0 spiro atoms. The zero-order valence-corrected chi connectivity index (χ0v) is 16.8. The number of carbonyl (C=O) groups is 1. The molecule has 0 atom stereocenters. The van der Waals surface area contributed by atoms with E-state index in [2.05, 4.69) is 5.32 Å². The van der Waals surface area contributed by atoms with E-state index in [-0.39, 0.29) is 11.0 Å². The maximum absolute atomic E-state index is 12.4. The third-order valence-electron chi connectivity index (χ3n) is 4.22. The molecule has 26 heavy (non-hydrogen) atoms. The molecule has 0 unspecified atom stereocenters. The standard InChI is InChI=1S/C19H29NO5S/c1-14-10-11-17(26(22,23)25-16-8-5-9-16)13-15(14)7-6-12-20-18(21)24-19(2,3)4/h10-11,13,16H,5-9,12H2,1-4H3,(H,20,21). The first kappa shape index (κ1) is 20.7. The molecule has 1 aliphatic rings. The quantitative estimate of drug-likeness (QED) is 0.573. The van der Waals surface area contributed by atoms with Crippen molar-refractivity contribution in [2.45, 2.75) is 76.4 Å². The molecule has 1 amide bonds. The molecule has 1 saturated carbocycles. The lowest BCUT2D eigenvalue weighted by Gasteiger charge is -2.24. The lowest BCUT2D eigenvalue weighted by Crippen LogP contribution is -2.33. The Morgan fingerprint density at radius 2 is 1.96 bits per heavy atom. The second kappa shape index (κ2) is 8.39. The highest BCUT2D eigenvalue weighted by atomic mass is 32.2. The zero-order valence-electron chi connectivity index (χ0n) is 16.0. The van der Waals surface area contributed by atoms with Crippen molar-refractivity contribution < 1.29 is 22.1 Å². The summed E-state index contributed by atoms with van der Waals surface area (Å²) in [6.45, 7) is 7.85. The average Bonchev–Trinajstić information content (AvgIpc) is 2.47. The number of nitrogens with one attached hydrogen (secondary N) is 1. The number of hydrogen-bond acceptors (Lipinski definition) is 5. The first-order valence-electron chi connectivity index (χ1n) is 9.06. The second-order valence-corrected chi connectivity index (χ2v) is 9.30. The Kier molecular flexibility index (Phi) is 6.69. The fourth-order valence-corrected chi connectivity index (χ4v) is 3.74. The summed E-state index contributed by atoms with van der Waals surface area (Å²) in [6.07, 6.45) is 3.34. The van der Waals surface area contributed by atoms with E-state index in [4.69, 9.17) is 8.92 Å². The minimum Gasteiger partial charge on any atom is -0.444 e. The fraction of sp³-hybridized carbons (Fsp3) is 0.632. The van der Waals surface area contributed by atoms with Gasteiger partial charge in [0.05, 0.1) is 11.0 Å². The fourth-order valence-electron chi connectivity index (χ4n) is 2.56. The number of hydrogen-bond donors (Lipinski definition) is 1. The molecule has 0 heterocycles. The lowest BCUT2D eigenvalue weighted by molar-refractivity contribution is 0.0527. The third kappa shape index (κ3) is 6.29. The molecule has 1 N–H and O–H groups in total. The Balaban J connectivity index is 1.90. The lowest BCUT2D eigenvalue weighted by atomic mass is 9.97. The van der Waals surface area contributed by atoms with Gasteiger partial charge in [-0.05, 0) is 83.1 Å². The number of alkyl carbamates (subject to hydrolysis) is 1. The van der Waals surface area contributed by atoms with Crippen molar-refractivity contribution in [2.75, 3.05) is 6.54 Å². The van der Waals surface area contributed by atoms with Gasteiger partial charge >= 0.3 is 6.09 Å². The van der Waals surface area contributed by atoms with Crippen LogP contribution in [0, 0.1) is 6.92 Å². The van der Waals surface area contributed by atoms with E-state index in [9.17, 15) is 13.2 Å². The second-order valence-electron chi connectivity index (χ2n) is 7.72.